The van der Waals surface area contributed by atoms with Crippen LogP contribution in [0.2, 0.25) is 15.1 Å². The summed E-state index contributed by atoms with van der Waals surface area (Å²) in [4.78, 5) is 4.33. The van der Waals surface area contributed by atoms with Crippen LogP contribution in [0.1, 0.15) is 24.2 Å². The first kappa shape index (κ1) is 14.6. The zero-order chi connectivity index (χ0) is 13.8. The van der Waals surface area contributed by atoms with Crippen molar-refractivity contribution in [2.75, 3.05) is 6.54 Å². The number of nitrogens with one attached hydrogen (secondary N) is 1. The molecule has 2 nitrogen and oxygen atoms in total. The van der Waals surface area contributed by atoms with Gasteiger partial charge < -0.3 is 5.32 Å². The van der Waals surface area contributed by atoms with Gasteiger partial charge in [0.25, 0.3) is 0 Å². The summed E-state index contributed by atoms with van der Waals surface area (Å²) in [6, 6.07) is 9.23. The second-order valence-corrected chi connectivity index (χ2v) is 5.35. The molecule has 1 unspecified atom stereocenters. The van der Waals surface area contributed by atoms with Crippen molar-refractivity contribution >= 4 is 34.8 Å². The van der Waals surface area contributed by atoms with Crippen LogP contribution in [-0.4, -0.2) is 11.5 Å². The van der Waals surface area contributed by atoms with E-state index in [0.717, 1.165) is 17.8 Å². The normalized spacial score (nSPS) is 12.4. The van der Waals surface area contributed by atoms with Crippen molar-refractivity contribution in [2.45, 2.75) is 13.0 Å². The highest BCUT2D eigenvalue weighted by Crippen LogP contribution is 2.29. The first-order valence-corrected chi connectivity index (χ1v) is 7.05. The number of hydrogen-bond donors (Lipinski definition) is 1. The third kappa shape index (κ3) is 3.61. The third-order valence-corrected chi connectivity index (χ3v) is 3.44. The zero-order valence-corrected chi connectivity index (χ0v) is 12.6. The minimum absolute atomic E-state index is 0.103. The summed E-state index contributed by atoms with van der Waals surface area (Å²) in [5.41, 5.74) is 1.77. The average Bonchev–Trinajstić information content (AvgIpc) is 2.37. The molecule has 0 aliphatic heterocycles. The van der Waals surface area contributed by atoms with E-state index >= 15 is 0 Å². The van der Waals surface area contributed by atoms with Crippen molar-refractivity contribution in [1.29, 1.82) is 0 Å². The van der Waals surface area contributed by atoms with E-state index in [2.05, 4.69) is 10.3 Å². The van der Waals surface area contributed by atoms with Crippen LogP contribution in [0.5, 0.6) is 0 Å². The van der Waals surface area contributed by atoms with Crippen molar-refractivity contribution in [1.82, 2.24) is 10.3 Å². The van der Waals surface area contributed by atoms with Gasteiger partial charge in [-0.15, -0.1) is 0 Å². The Labute approximate surface area is 127 Å². The molecule has 2 aromatic rings. The van der Waals surface area contributed by atoms with E-state index in [4.69, 9.17) is 34.8 Å². The predicted molar refractivity (Wildman–Crippen MR) is 81.2 cm³/mol. The molecule has 0 aliphatic carbocycles. The standard InChI is InChI=1S/C14H13Cl3N2/c1-2-18-13(9-4-3-5-10(15)6-9)14-12(17)7-11(16)8-19-14/h3-8,13,18H,2H2,1H3. The topological polar surface area (TPSA) is 24.9 Å². The van der Waals surface area contributed by atoms with Gasteiger partial charge in [0.05, 0.1) is 21.8 Å². The van der Waals surface area contributed by atoms with E-state index in [1.54, 1.807) is 12.3 Å². The first-order chi connectivity index (χ1) is 9.11. The molecule has 0 aliphatic rings. The van der Waals surface area contributed by atoms with Crippen LogP contribution in [0.25, 0.3) is 0 Å². The summed E-state index contributed by atoms with van der Waals surface area (Å²) < 4.78 is 0. The maximum absolute atomic E-state index is 6.23. The van der Waals surface area contributed by atoms with Crippen LogP contribution in [0.15, 0.2) is 36.5 Å². The Hall–Kier alpha value is -0.800. The van der Waals surface area contributed by atoms with Crippen molar-refractivity contribution in [2.24, 2.45) is 0 Å². The second kappa shape index (κ2) is 6.58. The number of halogens is 3. The van der Waals surface area contributed by atoms with Crippen molar-refractivity contribution in [3.05, 3.63) is 62.9 Å². The number of benzene rings is 1. The molecular weight excluding hydrogens is 303 g/mol. The molecule has 1 aromatic carbocycles. The van der Waals surface area contributed by atoms with Crippen LogP contribution in [-0.2, 0) is 0 Å². The van der Waals surface area contributed by atoms with Crippen molar-refractivity contribution in [3.63, 3.8) is 0 Å². The molecule has 1 atom stereocenters. The Kier molecular flexibility index (Phi) is 5.06. The minimum atomic E-state index is -0.103. The summed E-state index contributed by atoms with van der Waals surface area (Å²) in [5, 5.41) is 5.10. The lowest BCUT2D eigenvalue weighted by molar-refractivity contribution is 0.616. The van der Waals surface area contributed by atoms with Gasteiger partial charge >= 0.3 is 0 Å². The molecule has 19 heavy (non-hydrogen) atoms. The van der Waals surface area contributed by atoms with Gasteiger partial charge in [0.2, 0.25) is 0 Å². The fourth-order valence-electron chi connectivity index (χ4n) is 1.90. The van der Waals surface area contributed by atoms with Gasteiger partial charge in [-0.05, 0) is 30.3 Å². The molecular formula is C14H13Cl3N2. The monoisotopic (exact) mass is 314 g/mol. The molecule has 5 heteroatoms. The maximum atomic E-state index is 6.23. The van der Waals surface area contributed by atoms with Gasteiger partial charge in [-0.2, -0.15) is 0 Å². The molecule has 1 aromatic heterocycles. The summed E-state index contributed by atoms with van der Waals surface area (Å²) in [5.74, 6) is 0. The molecule has 1 heterocycles. The highest BCUT2D eigenvalue weighted by molar-refractivity contribution is 6.34. The van der Waals surface area contributed by atoms with Crippen LogP contribution in [0, 0.1) is 0 Å². The van der Waals surface area contributed by atoms with E-state index in [-0.39, 0.29) is 6.04 Å². The molecule has 0 saturated heterocycles. The van der Waals surface area contributed by atoms with Crippen LogP contribution in [0.4, 0.5) is 0 Å². The van der Waals surface area contributed by atoms with Crippen LogP contribution >= 0.6 is 34.8 Å². The Bertz CT molecular complexity index is 572. The van der Waals surface area contributed by atoms with E-state index in [1.165, 1.54) is 0 Å². The molecule has 0 radical (unpaired) electrons. The fourth-order valence-corrected chi connectivity index (χ4v) is 2.59. The molecule has 0 fully saturated rings. The van der Waals surface area contributed by atoms with Gasteiger partial charge in [0.15, 0.2) is 0 Å². The van der Waals surface area contributed by atoms with Crippen molar-refractivity contribution in [3.8, 4) is 0 Å². The second-order valence-electron chi connectivity index (χ2n) is 4.07. The number of aromatic nitrogens is 1. The number of rotatable bonds is 4. The van der Waals surface area contributed by atoms with Gasteiger partial charge in [-0.1, -0.05) is 53.9 Å². The Morgan fingerprint density at radius 2 is 1.95 bits per heavy atom. The predicted octanol–water partition coefficient (Wildman–Crippen LogP) is 4.74. The maximum Gasteiger partial charge on any atom is 0.0805 e. The van der Waals surface area contributed by atoms with E-state index in [9.17, 15) is 0 Å². The Morgan fingerprint density at radius 3 is 2.58 bits per heavy atom. The van der Waals surface area contributed by atoms with Gasteiger partial charge in [0, 0.05) is 11.2 Å². The molecule has 1 N–H and O–H groups in total. The molecule has 0 saturated carbocycles. The summed E-state index contributed by atoms with van der Waals surface area (Å²) in [6.07, 6.45) is 1.59. The van der Waals surface area contributed by atoms with Crippen LogP contribution < -0.4 is 5.32 Å². The summed E-state index contributed by atoms with van der Waals surface area (Å²) >= 11 is 18.2. The lowest BCUT2D eigenvalue weighted by atomic mass is 10.0. The lowest BCUT2D eigenvalue weighted by Gasteiger charge is -2.19. The van der Waals surface area contributed by atoms with Crippen molar-refractivity contribution < 1.29 is 0 Å². The molecule has 0 amide bonds. The van der Waals surface area contributed by atoms with Gasteiger partial charge in [-0.25, -0.2) is 0 Å². The summed E-state index contributed by atoms with van der Waals surface area (Å²) in [7, 11) is 0. The van der Waals surface area contributed by atoms with Gasteiger partial charge in [0.1, 0.15) is 0 Å². The average molecular weight is 316 g/mol. The molecule has 0 spiro atoms. The van der Waals surface area contributed by atoms with E-state index < -0.39 is 0 Å². The highest BCUT2D eigenvalue weighted by Gasteiger charge is 2.18. The molecule has 2 rings (SSSR count). The SMILES string of the molecule is CCNC(c1cccc(Cl)c1)c1ncc(Cl)cc1Cl. The first-order valence-electron chi connectivity index (χ1n) is 5.91. The number of hydrogen-bond acceptors (Lipinski definition) is 2. The van der Waals surface area contributed by atoms with E-state index in [0.29, 0.717) is 15.1 Å². The summed E-state index contributed by atoms with van der Waals surface area (Å²) in [6.45, 7) is 2.82. The zero-order valence-electron chi connectivity index (χ0n) is 10.3. The third-order valence-electron chi connectivity index (χ3n) is 2.70. The largest absolute Gasteiger partial charge is 0.305 e. The molecule has 100 valence electrons. The Balaban J connectivity index is 2.45. The molecule has 0 bridgehead atoms. The number of pyridine rings is 1. The quantitative estimate of drug-likeness (QED) is 0.881. The van der Waals surface area contributed by atoms with Gasteiger partial charge in [-0.3, -0.25) is 4.98 Å². The fraction of sp³-hybridized carbons (Fsp3) is 0.214. The minimum Gasteiger partial charge on any atom is -0.305 e. The smallest absolute Gasteiger partial charge is 0.0805 e. The Morgan fingerprint density at radius 1 is 1.16 bits per heavy atom. The van der Waals surface area contributed by atoms with E-state index in [1.807, 2.05) is 31.2 Å². The van der Waals surface area contributed by atoms with Crippen LogP contribution in [0.3, 0.4) is 0 Å². The number of nitrogens with zero attached hydrogens (tertiary/aromatic N) is 1. The lowest BCUT2D eigenvalue weighted by Crippen LogP contribution is -2.23. The highest BCUT2D eigenvalue weighted by atomic mass is 35.5.